The fraction of sp³-hybridized carbons (Fsp3) is 0.946. The Hall–Kier alpha value is -0.830. The van der Waals surface area contributed by atoms with E-state index >= 15 is 0 Å². The lowest BCUT2D eigenvalue weighted by Gasteiger charge is -2.22. The molecular weight excluding hydrogens is 617 g/mol. The van der Waals surface area contributed by atoms with Gasteiger partial charge in [0.15, 0.2) is 6.10 Å². The average molecular weight is 693 g/mol. The molecule has 0 spiro atoms. The molecule has 4 N–H and O–H groups in total. The predicted molar refractivity (Wildman–Crippen MR) is 190 cm³/mol. The topological polar surface area (TPSA) is 142 Å². The van der Waals surface area contributed by atoms with Crippen LogP contribution in [-0.4, -0.2) is 49.3 Å². The summed E-state index contributed by atoms with van der Waals surface area (Å²) in [7, 11) is -4.32. The van der Waals surface area contributed by atoms with Gasteiger partial charge in [0.2, 0.25) is 0 Å². The first kappa shape index (κ1) is 46.2. The third kappa shape index (κ3) is 34.8. The van der Waals surface area contributed by atoms with Gasteiger partial charge in [-0.3, -0.25) is 9.59 Å². The standard InChI is InChI=1S/C37H74NO8P/c1-3-5-7-9-11-13-15-17-19-21-23-25-27-29-36(39)43-33-35(34-45-47(41,42)44-32-31-38)46-37(40)30-28-26-24-22-20-18-16-14-12-10-8-6-4-2/h35H,3-34,38H2,1-2H3,(H,41,42)/p+1. The van der Waals surface area contributed by atoms with E-state index in [0.29, 0.717) is 19.4 Å². The molecule has 0 saturated heterocycles. The van der Waals surface area contributed by atoms with Crippen molar-refractivity contribution < 1.29 is 43.6 Å². The molecule has 0 aliphatic carbocycles. The van der Waals surface area contributed by atoms with Crippen molar-refractivity contribution in [2.45, 2.75) is 200 Å². The summed E-state index contributed by atoms with van der Waals surface area (Å²) in [6.07, 6.45) is 31.4. The Bertz CT molecular complexity index is 697. The van der Waals surface area contributed by atoms with Crippen molar-refractivity contribution >= 4 is 20.1 Å². The highest BCUT2D eigenvalue weighted by atomic mass is 31.2. The minimum atomic E-state index is -4.32. The van der Waals surface area contributed by atoms with Crippen molar-refractivity contribution in [2.24, 2.45) is 0 Å². The van der Waals surface area contributed by atoms with Crippen LogP contribution in [-0.2, 0) is 28.1 Å². The lowest BCUT2D eigenvalue weighted by molar-refractivity contribution is -0.374. The van der Waals surface area contributed by atoms with Crippen LogP contribution in [0.2, 0.25) is 0 Å². The Morgan fingerprint density at radius 2 is 0.936 bits per heavy atom. The number of carbonyl (C=O) groups is 2. The SMILES string of the molecule is CCCCCCCCCCCCCCCC(=O)OCC(CO[P+]([O-])(O)OCC[NH3+])OC(=O)CCCCCCCCCCCCCCC. The summed E-state index contributed by atoms with van der Waals surface area (Å²) in [6, 6.07) is 0. The van der Waals surface area contributed by atoms with Crippen LogP contribution in [0.5, 0.6) is 0 Å². The number of phosphoric ester groups is 1. The fourth-order valence-electron chi connectivity index (χ4n) is 5.59. The summed E-state index contributed by atoms with van der Waals surface area (Å²) in [5.41, 5.74) is 3.57. The van der Waals surface area contributed by atoms with Crippen LogP contribution >= 0.6 is 8.17 Å². The summed E-state index contributed by atoms with van der Waals surface area (Å²) >= 11 is 0. The third-order valence-corrected chi connectivity index (χ3v) is 9.50. The van der Waals surface area contributed by atoms with Gasteiger partial charge in [-0.15, -0.1) is 0 Å². The van der Waals surface area contributed by atoms with Crippen LogP contribution in [0.3, 0.4) is 0 Å². The second-order valence-corrected chi connectivity index (χ2v) is 14.7. The van der Waals surface area contributed by atoms with Crippen LogP contribution in [0.1, 0.15) is 194 Å². The van der Waals surface area contributed by atoms with Crippen LogP contribution in [0.4, 0.5) is 0 Å². The molecule has 0 heterocycles. The largest absolute Gasteiger partial charge is 0.606 e. The molecule has 0 aromatic heterocycles. The molecule has 2 atom stereocenters. The van der Waals surface area contributed by atoms with Crippen LogP contribution in [0.15, 0.2) is 0 Å². The second-order valence-electron chi connectivity index (χ2n) is 13.2. The first-order valence-corrected chi connectivity index (χ1v) is 21.1. The van der Waals surface area contributed by atoms with Crippen molar-refractivity contribution in [3.63, 3.8) is 0 Å². The van der Waals surface area contributed by atoms with Gasteiger partial charge in [0, 0.05) is 12.8 Å². The van der Waals surface area contributed by atoms with Crippen molar-refractivity contribution in [1.82, 2.24) is 0 Å². The van der Waals surface area contributed by atoms with Gasteiger partial charge in [-0.1, -0.05) is 168 Å². The molecule has 280 valence electrons. The number of hydrogen-bond donors (Lipinski definition) is 2. The van der Waals surface area contributed by atoms with Crippen molar-refractivity contribution in [2.75, 3.05) is 26.4 Å². The van der Waals surface area contributed by atoms with Gasteiger partial charge in [-0.25, -0.2) is 0 Å². The Morgan fingerprint density at radius 1 is 0.574 bits per heavy atom. The maximum absolute atomic E-state index is 12.5. The van der Waals surface area contributed by atoms with Crippen LogP contribution < -0.4 is 10.6 Å². The molecule has 9 nitrogen and oxygen atoms in total. The van der Waals surface area contributed by atoms with Crippen molar-refractivity contribution in [3.05, 3.63) is 0 Å². The Balaban J connectivity index is 4.17. The van der Waals surface area contributed by atoms with Gasteiger partial charge in [0.25, 0.3) is 0 Å². The number of ether oxygens (including phenoxy) is 2. The van der Waals surface area contributed by atoms with E-state index in [1.165, 1.54) is 128 Å². The minimum absolute atomic E-state index is 0.0363. The lowest BCUT2D eigenvalue weighted by atomic mass is 10.0. The lowest BCUT2D eigenvalue weighted by Crippen LogP contribution is -2.52. The van der Waals surface area contributed by atoms with Gasteiger partial charge < -0.3 is 20.1 Å². The van der Waals surface area contributed by atoms with E-state index in [1.807, 2.05) is 0 Å². The molecule has 0 bridgehead atoms. The van der Waals surface area contributed by atoms with Gasteiger partial charge in [-0.05, 0) is 12.8 Å². The zero-order chi connectivity index (χ0) is 34.7. The van der Waals surface area contributed by atoms with Crippen LogP contribution in [0, 0.1) is 0 Å². The van der Waals surface area contributed by atoms with Gasteiger partial charge in [0.05, 0.1) is 0 Å². The Kier molecular flexibility index (Phi) is 34.4. The van der Waals surface area contributed by atoms with E-state index in [2.05, 4.69) is 19.6 Å². The predicted octanol–water partition coefficient (Wildman–Crippen LogP) is 8.71. The van der Waals surface area contributed by atoms with Gasteiger partial charge >= 0.3 is 20.1 Å². The normalized spacial score (nSPS) is 13.4. The molecule has 0 fully saturated rings. The smallest absolute Gasteiger partial charge is 0.377 e. The molecule has 0 aliphatic rings. The molecule has 0 rings (SSSR count). The molecule has 2 unspecified atom stereocenters. The highest BCUT2D eigenvalue weighted by Gasteiger charge is 2.30. The monoisotopic (exact) mass is 693 g/mol. The zero-order valence-electron chi connectivity index (χ0n) is 30.7. The molecule has 0 saturated carbocycles. The maximum atomic E-state index is 12.5. The van der Waals surface area contributed by atoms with Crippen molar-refractivity contribution in [3.8, 4) is 0 Å². The number of quaternary nitrogens is 1. The van der Waals surface area contributed by atoms with Crippen molar-refractivity contribution in [1.29, 1.82) is 0 Å². The summed E-state index contributed by atoms with van der Waals surface area (Å²) in [6.45, 7) is 4.14. The summed E-state index contributed by atoms with van der Waals surface area (Å²) < 4.78 is 20.7. The number of hydrogen-bond acceptors (Lipinski definition) is 8. The molecular formula is C37H75NO8P+. The average Bonchev–Trinajstić information content (AvgIpc) is 3.05. The van der Waals surface area contributed by atoms with Gasteiger partial charge in [0.1, 0.15) is 26.4 Å². The van der Waals surface area contributed by atoms with E-state index in [0.717, 1.165) is 32.1 Å². The summed E-state index contributed by atoms with van der Waals surface area (Å²) in [5, 5.41) is 0. The first-order chi connectivity index (χ1) is 22.8. The van der Waals surface area contributed by atoms with Crippen LogP contribution in [0.25, 0.3) is 0 Å². The number of esters is 2. The molecule has 47 heavy (non-hydrogen) atoms. The molecule has 0 aliphatic heterocycles. The fourth-order valence-corrected chi connectivity index (χ4v) is 6.38. The van der Waals surface area contributed by atoms with E-state index in [1.54, 1.807) is 0 Å². The number of unbranched alkanes of at least 4 members (excludes halogenated alkanes) is 24. The second kappa shape index (κ2) is 35.0. The third-order valence-electron chi connectivity index (χ3n) is 8.52. The quantitative estimate of drug-likeness (QED) is 0.0374. The molecule has 0 aromatic carbocycles. The molecule has 0 aromatic rings. The Labute approximate surface area is 289 Å². The number of phosphoric acid groups is 1. The highest BCUT2D eigenvalue weighted by molar-refractivity contribution is 7.52. The first-order valence-electron chi connectivity index (χ1n) is 19.6. The summed E-state index contributed by atoms with van der Waals surface area (Å²) in [5.74, 6) is -0.799. The van der Waals surface area contributed by atoms with E-state index < -0.39 is 26.9 Å². The van der Waals surface area contributed by atoms with Gasteiger partial charge in [-0.2, -0.15) is 13.9 Å². The van der Waals surface area contributed by atoms with E-state index in [4.69, 9.17) is 18.5 Å². The summed E-state index contributed by atoms with van der Waals surface area (Å²) in [4.78, 5) is 46.8. The van der Waals surface area contributed by atoms with E-state index in [-0.39, 0.29) is 25.6 Å². The number of rotatable bonds is 37. The molecule has 10 heteroatoms. The maximum Gasteiger partial charge on any atom is 0.377 e. The molecule has 0 radical (unpaired) electrons. The minimum Gasteiger partial charge on any atom is -0.606 e. The van der Waals surface area contributed by atoms with E-state index in [9.17, 15) is 19.4 Å². The highest BCUT2D eigenvalue weighted by Crippen LogP contribution is 2.47. The number of carbonyl (C=O) groups excluding carboxylic acids is 2. The zero-order valence-corrected chi connectivity index (χ0v) is 31.6. The molecule has 0 amide bonds. The Morgan fingerprint density at radius 3 is 1.32 bits per heavy atom.